The molecule has 0 aliphatic carbocycles. The third-order valence-corrected chi connectivity index (χ3v) is 4.10. The number of hydrogen-bond acceptors (Lipinski definition) is 3. The van der Waals surface area contributed by atoms with Crippen LogP contribution in [-0.4, -0.2) is 42.6 Å². The Labute approximate surface area is 120 Å². The Morgan fingerprint density at radius 3 is 2.70 bits per heavy atom. The number of amides is 1. The Morgan fingerprint density at radius 2 is 1.95 bits per heavy atom. The second-order valence-corrected chi connectivity index (χ2v) is 5.94. The summed E-state index contributed by atoms with van der Waals surface area (Å²) in [5, 5.41) is 3.38. The second kappa shape index (κ2) is 5.44. The summed E-state index contributed by atoms with van der Waals surface area (Å²) in [7, 11) is 0. The summed E-state index contributed by atoms with van der Waals surface area (Å²) in [6.45, 7) is 6.22. The third kappa shape index (κ3) is 2.66. The molecule has 2 aliphatic rings. The number of rotatable bonds is 1. The molecule has 1 unspecified atom stereocenters. The first kappa shape index (κ1) is 13.4. The molecule has 4 heteroatoms. The molecule has 0 radical (unpaired) electrons. The van der Waals surface area contributed by atoms with Crippen LogP contribution in [0.1, 0.15) is 19.4 Å². The van der Waals surface area contributed by atoms with Gasteiger partial charge in [-0.1, -0.05) is 18.2 Å². The van der Waals surface area contributed by atoms with Crippen molar-refractivity contribution in [1.29, 1.82) is 0 Å². The van der Waals surface area contributed by atoms with Gasteiger partial charge >= 0.3 is 0 Å². The van der Waals surface area contributed by atoms with Gasteiger partial charge in [0.05, 0.1) is 18.1 Å². The van der Waals surface area contributed by atoms with Crippen molar-refractivity contribution in [1.82, 2.24) is 4.90 Å². The minimum atomic E-state index is 0.0439. The standard InChI is InChI=1S/C16H22N2O2/c1-11-9-18(10-12(2)20-11)16(19)14-7-13-5-3-4-6-15(13)17-8-14/h3-6,11-12,14,17H,7-10H2,1-2H3/t11-,12+,14?. The maximum atomic E-state index is 12.7. The van der Waals surface area contributed by atoms with Crippen LogP contribution in [0.25, 0.3) is 0 Å². The maximum Gasteiger partial charge on any atom is 0.227 e. The van der Waals surface area contributed by atoms with Crippen LogP contribution in [0.4, 0.5) is 5.69 Å². The van der Waals surface area contributed by atoms with Gasteiger partial charge in [-0.2, -0.15) is 0 Å². The van der Waals surface area contributed by atoms with Gasteiger partial charge in [0.25, 0.3) is 0 Å². The van der Waals surface area contributed by atoms with Gasteiger partial charge in [-0.05, 0) is 31.9 Å². The smallest absolute Gasteiger partial charge is 0.227 e. The van der Waals surface area contributed by atoms with E-state index in [4.69, 9.17) is 4.74 Å². The lowest BCUT2D eigenvalue weighted by Crippen LogP contribution is -2.51. The molecule has 3 atom stereocenters. The Balaban J connectivity index is 1.69. The van der Waals surface area contributed by atoms with Crippen molar-refractivity contribution in [3.05, 3.63) is 29.8 Å². The highest BCUT2D eigenvalue weighted by atomic mass is 16.5. The highest BCUT2D eigenvalue weighted by molar-refractivity contribution is 5.81. The van der Waals surface area contributed by atoms with E-state index < -0.39 is 0 Å². The maximum absolute atomic E-state index is 12.7. The van der Waals surface area contributed by atoms with E-state index in [2.05, 4.69) is 17.4 Å². The first-order valence-electron chi connectivity index (χ1n) is 7.39. The van der Waals surface area contributed by atoms with E-state index >= 15 is 0 Å². The van der Waals surface area contributed by atoms with Gasteiger partial charge < -0.3 is 15.0 Å². The molecule has 108 valence electrons. The zero-order valence-corrected chi connectivity index (χ0v) is 12.1. The van der Waals surface area contributed by atoms with Crippen LogP contribution in [-0.2, 0) is 16.0 Å². The molecule has 3 rings (SSSR count). The van der Waals surface area contributed by atoms with E-state index in [1.165, 1.54) is 11.3 Å². The lowest BCUT2D eigenvalue weighted by molar-refractivity contribution is -0.147. The van der Waals surface area contributed by atoms with E-state index in [9.17, 15) is 4.79 Å². The van der Waals surface area contributed by atoms with Crippen LogP contribution in [0.2, 0.25) is 0 Å². The number of nitrogens with one attached hydrogen (secondary N) is 1. The highest BCUT2D eigenvalue weighted by Crippen LogP contribution is 2.26. The molecular formula is C16H22N2O2. The molecule has 1 aromatic carbocycles. The largest absolute Gasteiger partial charge is 0.384 e. The van der Waals surface area contributed by atoms with Gasteiger partial charge in [0, 0.05) is 25.3 Å². The van der Waals surface area contributed by atoms with Crippen molar-refractivity contribution in [3.63, 3.8) is 0 Å². The molecule has 0 saturated carbocycles. The minimum Gasteiger partial charge on any atom is -0.384 e. The van der Waals surface area contributed by atoms with Gasteiger partial charge in [-0.15, -0.1) is 0 Å². The molecular weight excluding hydrogens is 252 g/mol. The zero-order chi connectivity index (χ0) is 14.1. The van der Waals surface area contributed by atoms with Gasteiger partial charge in [-0.25, -0.2) is 0 Å². The molecule has 0 spiro atoms. The Bertz CT molecular complexity index is 493. The van der Waals surface area contributed by atoms with Crippen LogP contribution in [0.15, 0.2) is 24.3 Å². The number of para-hydroxylation sites is 1. The molecule has 0 bridgehead atoms. The van der Waals surface area contributed by atoms with Gasteiger partial charge in [-0.3, -0.25) is 4.79 Å². The summed E-state index contributed by atoms with van der Waals surface area (Å²) in [4.78, 5) is 14.7. The number of fused-ring (bicyclic) bond motifs is 1. The SMILES string of the molecule is C[C@@H]1CN(C(=O)C2CNc3ccccc3C2)C[C@H](C)O1. The lowest BCUT2D eigenvalue weighted by atomic mass is 9.92. The number of carbonyl (C=O) groups excluding carboxylic acids is 1. The number of benzene rings is 1. The fraction of sp³-hybridized carbons (Fsp3) is 0.562. The average molecular weight is 274 g/mol. The molecule has 1 aromatic rings. The predicted octanol–water partition coefficient (Wildman–Crippen LogP) is 1.91. The molecule has 0 aromatic heterocycles. The number of anilines is 1. The quantitative estimate of drug-likeness (QED) is 0.850. The van der Waals surface area contributed by atoms with Crippen LogP contribution < -0.4 is 5.32 Å². The van der Waals surface area contributed by atoms with E-state index in [-0.39, 0.29) is 24.0 Å². The summed E-state index contributed by atoms with van der Waals surface area (Å²) in [6, 6.07) is 8.24. The average Bonchev–Trinajstić information content (AvgIpc) is 2.45. The number of nitrogens with zero attached hydrogens (tertiary/aromatic N) is 1. The molecule has 20 heavy (non-hydrogen) atoms. The summed E-state index contributed by atoms with van der Waals surface area (Å²) < 4.78 is 5.70. The number of ether oxygens (including phenoxy) is 1. The van der Waals surface area contributed by atoms with Crippen LogP contribution in [0.3, 0.4) is 0 Å². The topological polar surface area (TPSA) is 41.6 Å². The van der Waals surface area contributed by atoms with Crippen LogP contribution in [0.5, 0.6) is 0 Å². The van der Waals surface area contributed by atoms with Crippen molar-refractivity contribution < 1.29 is 9.53 Å². The molecule has 1 amide bonds. The van der Waals surface area contributed by atoms with Gasteiger partial charge in [0.2, 0.25) is 5.91 Å². The Kier molecular flexibility index (Phi) is 3.66. The fourth-order valence-electron chi connectivity index (χ4n) is 3.23. The Morgan fingerprint density at radius 1 is 1.25 bits per heavy atom. The first-order chi connectivity index (χ1) is 9.63. The Hall–Kier alpha value is -1.55. The van der Waals surface area contributed by atoms with E-state index in [1.807, 2.05) is 30.9 Å². The molecule has 1 saturated heterocycles. The molecule has 2 aliphatic heterocycles. The van der Waals surface area contributed by atoms with E-state index in [0.29, 0.717) is 13.1 Å². The van der Waals surface area contributed by atoms with Gasteiger partial charge in [0.15, 0.2) is 0 Å². The first-order valence-corrected chi connectivity index (χ1v) is 7.39. The number of hydrogen-bond donors (Lipinski definition) is 1. The van der Waals surface area contributed by atoms with Crippen molar-refractivity contribution in [3.8, 4) is 0 Å². The summed E-state index contributed by atoms with van der Waals surface area (Å²) in [5.74, 6) is 0.302. The molecule has 2 heterocycles. The summed E-state index contributed by atoms with van der Waals surface area (Å²) in [6.07, 6.45) is 1.10. The van der Waals surface area contributed by atoms with Crippen molar-refractivity contribution in [2.45, 2.75) is 32.5 Å². The van der Waals surface area contributed by atoms with Gasteiger partial charge in [0.1, 0.15) is 0 Å². The monoisotopic (exact) mass is 274 g/mol. The van der Waals surface area contributed by atoms with Crippen molar-refractivity contribution >= 4 is 11.6 Å². The third-order valence-electron chi connectivity index (χ3n) is 4.10. The van der Waals surface area contributed by atoms with Crippen molar-refractivity contribution in [2.24, 2.45) is 5.92 Å². The molecule has 1 N–H and O–H groups in total. The minimum absolute atomic E-state index is 0.0439. The van der Waals surface area contributed by atoms with E-state index in [0.717, 1.165) is 13.0 Å². The number of morpholine rings is 1. The summed E-state index contributed by atoms with van der Waals surface area (Å²) in [5.41, 5.74) is 2.41. The lowest BCUT2D eigenvalue weighted by Gasteiger charge is -2.38. The fourth-order valence-corrected chi connectivity index (χ4v) is 3.23. The second-order valence-electron chi connectivity index (χ2n) is 5.94. The predicted molar refractivity (Wildman–Crippen MR) is 78.7 cm³/mol. The van der Waals surface area contributed by atoms with E-state index in [1.54, 1.807) is 0 Å². The molecule has 4 nitrogen and oxygen atoms in total. The summed E-state index contributed by atoms with van der Waals surface area (Å²) >= 11 is 0. The van der Waals surface area contributed by atoms with Crippen LogP contribution >= 0.6 is 0 Å². The normalized spacial score (nSPS) is 29.5. The molecule has 1 fully saturated rings. The number of carbonyl (C=O) groups is 1. The van der Waals surface area contributed by atoms with Crippen LogP contribution in [0, 0.1) is 5.92 Å². The zero-order valence-electron chi connectivity index (χ0n) is 12.1. The highest BCUT2D eigenvalue weighted by Gasteiger charge is 2.32. The van der Waals surface area contributed by atoms with Crippen molar-refractivity contribution in [2.75, 3.05) is 25.0 Å².